The van der Waals surface area contributed by atoms with Crippen LogP contribution in [0.25, 0.3) is 0 Å². The van der Waals surface area contributed by atoms with E-state index in [2.05, 4.69) is 0 Å². The van der Waals surface area contributed by atoms with E-state index in [1.807, 2.05) is 0 Å². The van der Waals surface area contributed by atoms with Crippen molar-refractivity contribution in [3.05, 3.63) is 0 Å². The van der Waals surface area contributed by atoms with Crippen molar-refractivity contribution in [2.45, 2.75) is 32.2 Å². The van der Waals surface area contributed by atoms with Crippen molar-refractivity contribution in [2.24, 2.45) is 0 Å². The first-order valence-electron chi connectivity index (χ1n) is 4.68. The van der Waals surface area contributed by atoms with E-state index in [0.717, 1.165) is 12.8 Å². The second kappa shape index (κ2) is 4.27. The van der Waals surface area contributed by atoms with Crippen molar-refractivity contribution in [1.82, 2.24) is 4.31 Å². The van der Waals surface area contributed by atoms with Gasteiger partial charge in [-0.1, -0.05) is 6.92 Å². The molecule has 1 N–H and O–H groups in total. The van der Waals surface area contributed by atoms with Crippen LogP contribution in [0.5, 0.6) is 0 Å². The Balaban J connectivity index is 2.57. The summed E-state index contributed by atoms with van der Waals surface area (Å²) in [5.41, 5.74) is 0. The SMILES string of the molecule is CCN(C1CC1)S(=O)(=O)CCC(=O)O. The summed E-state index contributed by atoms with van der Waals surface area (Å²) < 4.78 is 24.6. The zero-order chi connectivity index (χ0) is 10.8. The Bertz CT molecular complexity index is 307. The molecule has 1 aliphatic carbocycles. The standard InChI is InChI=1S/C8H15NO4S/c1-2-9(7-3-4-7)14(12,13)6-5-8(10)11/h7H,2-6H2,1H3,(H,10,11). The summed E-state index contributed by atoms with van der Waals surface area (Å²) in [4.78, 5) is 10.3. The Morgan fingerprint density at radius 2 is 2.07 bits per heavy atom. The second-order valence-corrected chi connectivity index (χ2v) is 5.44. The van der Waals surface area contributed by atoms with Gasteiger partial charge < -0.3 is 5.11 Å². The van der Waals surface area contributed by atoms with Gasteiger partial charge in [-0.2, -0.15) is 4.31 Å². The largest absolute Gasteiger partial charge is 0.481 e. The number of sulfonamides is 1. The quantitative estimate of drug-likeness (QED) is 0.699. The van der Waals surface area contributed by atoms with Crippen LogP contribution in [0.1, 0.15) is 26.2 Å². The Labute approximate surface area is 83.8 Å². The fraction of sp³-hybridized carbons (Fsp3) is 0.875. The maximum atomic E-state index is 11.6. The van der Waals surface area contributed by atoms with Gasteiger partial charge in [0.25, 0.3) is 0 Å². The number of carbonyl (C=O) groups is 1. The summed E-state index contributed by atoms with van der Waals surface area (Å²) in [5.74, 6) is -1.35. The fourth-order valence-electron chi connectivity index (χ4n) is 1.38. The fourth-order valence-corrected chi connectivity index (χ4v) is 3.10. The summed E-state index contributed by atoms with van der Waals surface area (Å²) >= 11 is 0. The van der Waals surface area contributed by atoms with Crippen molar-refractivity contribution in [3.8, 4) is 0 Å². The highest BCUT2D eigenvalue weighted by molar-refractivity contribution is 7.89. The lowest BCUT2D eigenvalue weighted by Crippen LogP contribution is -2.35. The minimum atomic E-state index is -3.35. The van der Waals surface area contributed by atoms with Crippen LogP contribution in [0.15, 0.2) is 0 Å². The molecule has 0 spiro atoms. The van der Waals surface area contributed by atoms with Gasteiger partial charge in [0.2, 0.25) is 10.0 Å². The van der Waals surface area contributed by atoms with E-state index >= 15 is 0 Å². The maximum absolute atomic E-state index is 11.6. The van der Waals surface area contributed by atoms with Crippen molar-refractivity contribution < 1.29 is 18.3 Å². The van der Waals surface area contributed by atoms with Crippen molar-refractivity contribution in [2.75, 3.05) is 12.3 Å². The van der Waals surface area contributed by atoms with Gasteiger partial charge in [0.15, 0.2) is 0 Å². The predicted octanol–water partition coefficient (Wildman–Crippen LogP) is 0.275. The van der Waals surface area contributed by atoms with Gasteiger partial charge in [-0.25, -0.2) is 8.42 Å². The predicted molar refractivity (Wildman–Crippen MR) is 51.4 cm³/mol. The van der Waals surface area contributed by atoms with E-state index in [1.54, 1.807) is 6.92 Å². The molecule has 0 bridgehead atoms. The van der Waals surface area contributed by atoms with Gasteiger partial charge in [0.05, 0.1) is 12.2 Å². The number of carboxylic acids is 1. The number of nitrogens with zero attached hydrogens (tertiary/aromatic N) is 1. The second-order valence-electron chi connectivity index (χ2n) is 3.39. The highest BCUT2D eigenvalue weighted by Gasteiger charge is 2.35. The number of aliphatic carboxylic acids is 1. The minimum absolute atomic E-state index is 0.124. The minimum Gasteiger partial charge on any atom is -0.481 e. The molecule has 1 aliphatic rings. The Hall–Kier alpha value is -0.620. The zero-order valence-corrected chi connectivity index (χ0v) is 8.96. The molecule has 0 radical (unpaired) electrons. The third kappa shape index (κ3) is 2.95. The third-order valence-corrected chi connectivity index (χ3v) is 4.19. The highest BCUT2D eigenvalue weighted by Crippen LogP contribution is 2.29. The lowest BCUT2D eigenvalue weighted by atomic mass is 10.5. The van der Waals surface area contributed by atoms with Crippen LogP contribution >= 0.6 is 0 Å². The summed E-state index contributed by atoms with van der Waals surface area (Å²) in [6, 6.07) is 0.124. The first-order chi connectivity index (χ1) is 6.47. The van der Waals surface area contributed by atoms with Crippen LogP contribution < -0.4 is 0 Å². The average Bonchev–Trinajstić information content (AvgIpc) is 2.86. The molecule has 0 aromatic carbocycles. The van der Waals surface area contributed by atoms with Crippen molar-refractivity contribution in [3.63, 3.8) is 0 Å². The summed E-state index contributed by atoms with van der Waals surface area (Å²) in [7, 11) is -3.35. The molecular weight excluding hydrogens is 206 g/mol. The van der Waals surface area contributed by atoms with Crippen LogP contribution in [-0.2, 0) is 14.8 Å². The zero-order valence-electron chi connectivity index (χ0n) is 8.14. The highest BCUT2D eigenvalue weighted by atomic mass is 32.2. The maximum Gasteiger partial charge on any atom is 0.304 e. The molecule has 0 aromatic rings. The molecule has 0 saturated heterocycles. The van der Waals surface area contributed by atoms with Crippen LogP contribution in [0.4, 0.5) is 0 Å². The normalized spacial score (nSPS) is 17.3. The Kier molecular flexibility index (Phi) is 3.49. The van der Waals surface area contributed by atoms with Gasteiger partial charge in [0, 0.05) is 12.6 Å². The first kappa shape index (κ1) is 11.5. The smallest absolute Gasteiger partial charge is 0.304 e. The van der Waals surface area contributed by atoms with E-state index in [1.165, 1.54) is 4.31 Å². The molecule has 1 saturated carbocycles. The lowest BCUT2D eigenvalue weighted by Gasteiger charge is -2.19. The molecule has 0 heterocycles. The molecular formula is C8H15NO4S. The van der Waals surface area contributed by atoms with Crippen LogP contribution in [0, 0.1) is 0 Å². The number of carboxylic acid groups (broad SMARTS) is 1. The molecule has 0 aromatic heterocycles. The molecule has 1 rings (SSSR count). The van der Waals surface area contributed by atoms with Crippen molar-refractivity contribution >= 4 is 16.0 Å². The molecule has 82 valence electrons. The van der Waals surface area contributed by atoms with Gasteiger partial charge in [-0.3, -0.25) is 4.79 Å². The van der Waals surface area contributed by atoms with Crippen LogP contribution in [0.2, 0.25) is 0 Å². The van der Waals surface area contributed by atoms with Crippen LogP contribution in [-0.4, -0.2) is 42.1 Å². The molecule has 0 aliphatic heterocycles. The first-order valence-corrected chi connectivity index (χ1v) is 6.29. The molecule has 1 fully saturated rings. The molecule has 6 heteroatoms. The number of rotatable bonds is 6. The van der Waals surface area contributed by atoms with E-state index < -0.39 is 16.0 Å². The van der Waals surface area contributed by atoms with Crippen LogP contribution in [0.3, 0.4) is 0 Å². The van der Waals surface area contributed by atoms with Gasteiger partial charge in [-0.05, 0) is 12.8 Å². The molecule has 0 unspecified atom stereocenters. The lowest BCUT2D eigenvalue weighted by molar-refractivity contribution is -0.136. The number of hydrogen-bond acceptors (Lipinski definition) is 3. The summed E-state index contributed by atoms with van der Waals surface area (Å²) in [6.45, 7) is 2.21. The van der Waals surface area contributed by atoms with Crippen molar-refractivity contribution in [1.29, 1.82) is 0 Å². The Morgan fingerprint density at radius 1 is 1.50 bits per heavy atom. The summed E-state index contributed by atoms with van der Waals surface area (Å²) in [5, 5.41) is 8.40. The molecule has 14 heavy (non-hydrogen) atoms. The van der Waals surface area contributed by atoms with Gasteiger partial charge in [-0.15, -0.1) is 0 Å². The third-order valence-electron chi connectivity index (χ3n) is 2.20. The van der Waals surface area contributed by atoms with E-state index in [4.69, 9.17) is 5.11 Å². The Morgan fingerprint density at radius 3 is 2.43 bits per heavy atom. The number of hydrogen-bond donors (Lipinski definition) is 1. The summed E-state index contributed by atoms with van der Waals surface area (Å²) in [6.07, 6.45) is 1.49. The van der Waals surface area contributed by atoms with E-state index in [0.29, 0.717) is 6.54 Å². The van der Waals surface area contributed by atoms with Gasteiger partial charge >= 0.3 is 5.97 Å². The molecule has 0 atom stereocenters. The molecule has 0 amide bonds. The molecule has 5 nitrogen and oxygen atoms in total. The van der Waals surface area contributed by atoms with E-state index in [-0.39, 0.29) is 18.2 Å². The topological polar surface area (TPSA) is 74.7 Å². The average molecular weight is 221 g/mol. The monoisotopic (exact) mass is 221 g/mol. The van der Waals surface area contributed by atoms with Gasteiger partial charge in [0.1, 0.15) is 0 Å². The van der Waals surface area contributed by atoms with E-state index in [9.17, 15) is 13.2 Å².